The largest absolute Gasteiger partial charge is 0.465 e. The first-order valence-electron chi connectivity index (χ1n) is 8.23. The van der Waals surface area contributed by atoms with E-state index in [1.165, 1.54) is 25.7 Å². The lowest BCUT2D eigenvalue weighted by Crippen LogP contribution is -2.38. The molecule has 3 rings (SSSR count). The second kappa shape index (κ2) is 6.61. The topological polar surface area (TPSA) is 29.5 Å². The fraction of sp³-hybridized carbons (Fsp3) is 0.611. The maximum Gasteiger partial charge on any atom is 0.327 e. The van der Waals surface area contributed by atoms with Crippen molar-refractivity contribution < 1.29 is 9.53 Å². The SMILES string of the molecule is CCOC(=O)C(c1ccccc1)N(CC1CC1)CC1CC1. The van der Waals surface area contributed by atoms with Crippen LogP contribution in [0.5, 0.6) is 0 Å². The van der Waals surface area contributed by atoms with Gasteiger partial charge in [-0.3, -0.25) is 4.90 Å². The molecule has 0 amide bonds. The molecule has 2 fully saturated rings. The van der Waals surface area contributed by atoms with Gasteiger partial charge in [0.2, 0.25) is 0 Å². The summed E-state index contributed by atoms with van der Waals surface area (Å²) in [6.45, 7) is 4.40. The Bertz CT molecular complexity index is 451. The minimum atomic E-state index is -0.229. The molecule has 0 heterocycles. The van der Waals surface area contributed by atoms with E-state index < -0.39 is 0 Å². The molecule has 3 heteroatoms. The molecule has 1 aromatic carbocycles. The molecule has 0 spiro atoms. The highest BCUT2D eigenvalue weighted by Gasteiger charge is 2.36. The highest BCUT2D eigenvalue weighted by molar-refractivity contribution is 5.77. The second-order valence-corrected chi connectivity index (χ2v) is 6.41. The van der Waals surface area contributed by atoms with E-state index in [0.29, 0.717) is 6.61 Å². The van der Waals surface area contributed by atoms with Gasteiger partial charge in [-0.1, -0.05) is 30.3 Å². The number of carbonyl (C=O) groups excluding carboxylic acids is 1. The van der Waals surface area contributed by atoms with Crippen LogP contribution in [0.3, 0.4) is 0 Å². The Labute approximate surface area is 127 Å². The van der Waals surface area contributed by atoms with Crippen LogP contribution in [-0.2, 0) is 9.53 Å². The summed E-state index contributed by atoms with van der Waals surface area (Å²) in [6.07, 6.45) is 5.24. The zero-order valence-corrected chi connectivity index (χ0v) is 12.8. The van der Waals surface area contributed by atoms with Crippen molar-refractivity contribution in [2.24, 2.45) is 11.8 Å². The van der Waals surface area contributed by atoms with E-state index in [0.717, 1.165) is 30.5 Å². The maximum absolute atomic E-state index is 12.5. The minimum Gasteiger partial charge on any atom is -0.465 e. The number of benzene rings is 1. The van der Waals surface area contributed by atoms with Gasteiger partial charge in [0.25, 0.3) is 0 Å². The lowest BCUT2D eigenvalue weighted by Gasteiger charge is -2.30. The molecule has 1 atom stereocenters. The Morgan fingerprint density at radius 2 is 1.71 bits per heavy atom. The van der Waals surface area contributed by atoms with E-state index in [4.69, 9.17) is 4.74 Å². The van der Waals surface area contributed by atoms with Gasteiger partial charge in [0, 0.05) is 13.1 Å². The number of hydrogen-bond acceptors (Lipinski definition) is 3. The highest BCUT2D eigenvalue weighted by atomic mass is 16.5. The molecule has 0 aliphatic heterocycles. The lowest BCUT2D eigenvalue weighted by atomic mass is 10.0. The number of ether oxygens (including phenoxy) is 1. The predicted molar refractivity (Wildman–Crippen MR) is 82.8 cm³/mol. The van der Waals surface area contributed by atoms with Crippen molar-refractivity contribution in [1.29, 1.82) is 0 Å². The van der Waals surface area contributed by atoms with Crippen molar-refractivity contribution in [1.82, 2.24) is 4.90 Å². The van der Waals surface area contributed by atoms with Crippen LogP contribution >= 0.6 is 0 Å². The molecule has 3 nitrogen and oxygen atoms in total. The molecule has 2 aliphatic rings. The van der Waals surface area contributed by atoms with Gasteiger partial charge in [0.15, 0.2) is 0 Å². The molecule has 1 unspecified atom stereocenters. The molecule has 0 aromatic heterocycles. The summed E-state index contributed by atoms with van der Waals surface area (Å²) in [7, 11) is 0. The van der Waals surface area contributed by atoms with Crippen LogP contribution in [0.25, 0.3) is 0 Å². The maximum atomic E-state index is 12.5. The van der Waals surface area contributed by atoms with Gasteiger partial charge >= 0.3 is 5.97 Å². The van der Waals surface area contributed by atoms with E-state index in [2.05, 4.69) is 4.90 Å². The third-order valence-electron chi connectivity index (χ3n) is 4.37. The molecule has 0 bridgehead atoms. The smallest absolute Gasteiger partial charge is 0.327 e. The zero-order chi connectivity index (χ0) is 14.7. The number of hydrogen-bond donors (Lipinski definition) is 0. The number of carbonyl (C=O) groups is 1. The summed E-state index contributed by atoms with van der Waals surface area (Å²) >= 11 is 0. The third kappa shape index (κ3) is 4.07. The van der Waals surface area contributed by atoms with Crippen LogP contribution in [0.2, 0.25) is 0 Å². The quantitative estimate of drug-likeness (QED) is 0.686. The van der Waals surface area contributed by atoms with Crippen molar-refractivity contribution in [3.8, 4) is 0 Å². The highest BCUT2D eigenvalue weighted by Crippen LogP contribution is 2.37. The van der Waals surface area contributed by atoms with E-state index in [1.54, 1.807) is 0 Å². The van der Waals surface area contributed by atoms with Crippen LogP contribution in [0, 0.1) is 11.8 Å². The Hall–Kier alpha value is -1.35. The first kappa shape index (κ1) is 14.6. The molecular weight excluding hydrogens is 262 g/mol. The second-order valence-electron chi connectivity index (χ2n) is 6.41. The van der Waals surface area contributed by atoms with E-state index in [9.17, 15) is 4.79 Å². The normalized spacial score (nSPS) is 19.5. The van der Waals surface area contributed by atoms with Gasteiger partial charge in [0.1, 0.15) is 6.04 Å². The van der Waals surface area contributed by atoms with Gasteiger partial charge < -0.3 is 4.74 Å². The standard InChI is InChI=1S/C18H25NO2/c1-2-21-18(20)17(16-6-4-3-5-7-16)19(12-14-8-9-14)13-15-10-11-15/h3-7,14-15,17H,2,8-13H2,1H3. The summed E-state index contributed by atoms with van der Waals surface area (Å²) in [5, 5.41) is 0. The van der Waals surface area contributed by atoms with Gasteiger partial charge in [0.05, 0.1) is 6.61 Å². The van der Waals surface area contributed by atoms with Crippen molar-refractivity contribution in [2.45, 2.75) is 38.6 Å². The fourth-order valence-corrected chi connectivity index (χ4v) is 2.90. The number of esters is 1. The molecule has 0 N–H and O–H groups in total. The van der Waals surface area contributed by atoms with Gasteiger partial charge in [-0.25, -0.2) is 4.79 Å². The van der Waals surface area contributed by atoms with Crippen molar-refractivity contribution in [2.75, 3.05) is 19.7 Å². The van der Waals surface area contributed by atoms with Gasteiger partial charge in [-0.2, -0.15) is 0 Å². The zero-order valence-electron chi connectivity index (χ0n) is 12.8. The molecule has 21 heavy (non-hydrogen) atoms. The molecule has 2 aliphatic carbocycles. The van der Waals surface area contributed by atoms with Crippen LogP contribution in [-0.4, -0.2) is 30.6 Å². The summed E-state index contributed by atoms with van der Waals surface area (Å²) in [4.78, 5) is 14.9. The summed E-state index contributed by atoms with van der Waals surface area (Å²) in [5.74, 6) is 1.47. The van der Waals surface area contributed by atoms with Crippen LogP contribution in [0.4, 0.5) is 0 Å². The Kier molecular flexibility index (Phi) is 4.59. The Morgan fingerprint density at radius 1 is 1.14 bits per heavy atom. The van der Waals surface area contributed by atoms with Crippen molar-refractivity contribution >= 4 is 5.97 Å². The van der Waals surface area contributed by atoms with Crippen molar-refractivity contribution in [3.05, 3.63) is 35.9 Å². The lowest BCUT2D eigenvalue weighted by molar-refractivity contribution is -0.150. The summed E-state index contributed by atoms with van der Waals surface area (Å²) in [5.41, 5.74) is 1.07. The monoisotopic (exact) mass is 287 g/mol. The Balaban J connectivity index is 1.80. The summed E-state index contributed by atoms with van der Waals surface area (Å²) in [6, 6.07) is 9.88. The average molecular weight is 287 g/mol. The average Bonchev–Trinajstić information content (AvgIpc) is 3.37. The Morgan fingerprint density at radius 3 is 2.19 bits per heavy atom. The molecule has 2 saturated carbocycles. The van der Waals surface area contributed by atoms with E-state index in [-0.39, 0.29) is 12.0 Å². The summed E-state index contributed by atoms with van der Waals surface area (Å²) < 4.78 is 5.36. The third-order valence-corrected chi connectivity index (χ3v) is 4.37. The fourth-order valence-electron chi connectivity index (χ4n) is 2.90. The molecule has 0 saturated heterocycles. The van der Waals surface area contributed by atoms with Gasteiger partial charge in [-0.15, -0.1) is 0 Å². The predicted octanol–water partition coefficient (Wildman–Crippen LogP) is 3.41. The van der Waals surface area contributed by atoms with Gasteiger partial charge in [-0.05, 0) is 50.0 Å². The van der Waals surface area contributed by atoms with Crippen LogP contribution < -0.4 is 0 Å². The number of rotatable bonds is 8. The van der Waals surface area contributed by atoms with Crippen molar-refractivity contribution in [3.63, 3.8) is 0 Å². The van der Waals surface area contributed by atoms with Crippen LogP contribution in [0.15, 0.2) is 30.3 Å². The first-order valence-corrected chi connectivity index (χ1v) is 8.23. The molecule has 114 valence electrons. The van der Waals surface area contributed by atoms with E-state index >= 15 is 0 Å². The van der Waals surface area contributed by atoms with E-state index in [1.807, 2.05) is 37.3 Å². The molecule has 1 aromatic rings. The minimum absolute atomic E-state index is 0.0926. The molecule has 0 radical (unpaired) electrons. The van der Waals surface area contributed by atoms with Crippen LogP contribution in [0.1, 0.15) is 44.2 Å². The first-order chi connectivity index (χ1) is 10.3. The number of nitrogens with zero attached hydrogens (tertiary/aromatic N) is 1. The molecular formula is C18H25NO2.